The van der Waals surface area contributed by atoms with Crippen LogP contribution in [0.5, 0.6) is 17.2 Å². The average molecular weight is 652 g/mol. The second-order valence-electron chi connectivity index (χ2n) is 11.2. The monoisotopic (exact) mass is 651 g/mol. The molecule has 0 radical (unpaired) electrons. The third kappa shape index (κ3) is 6.26. The zero-order valence-electron chi connectivity index (χ0n) is 25.7. The summed E-state index contributed by atoms with van der Waals surface area (Å²) in [5.41, 5.74) is 6.70. The molecule has 1 saturated heterocycles. The van der Waals surface area contributed by atoms with Crippen molar-refractivity contribution in [1.29, 1.82) is 0 Å². The Labute approximate surface area is 269 Å². The Balaban J connectivity index is 1.65. The van der Waals surface area contributed by atoms with Gasteiger partial charge in [0.15, 0.2) is 11.7 Å². The zero-order chi connectivity index (χ0) is 34.0. The van der Waals surface area contributed by atoms with E-state index in [1.807, 2.05) is 30.3 Å². The number of aliphatic hydroxyl groups is 5. The maximum atomic E-state index is 14.3. The van der Waals surface area contributed by atoms with Gasteiger partial charge >= 0.3 is 0 Å². The van der Waals surface area contributed by atoms with Gasteiger partial charge in [0.1, 0.15) is 41.7 Å². The number of carbonyl (C=O) groups is 2. The summed E-state index contributed by atoms with van der Waals surface area (Å²) in [6, 6.07) is 12.3. The Bertz CT molecular complexity index is 1690. The molecule has 1 heterocycles. The summed E-state index contributed by atoms with van der Waals surface area (Å²) in [6.45, 7) is -1.46. The Morgan fingerprint density at radius 1 is 0.936 bits per heavy atom. The average Bonchev–Trinajstić information content (AvgIpc) is 3.08. The summed E-state index contributed by atoms with van der Waals surface area (Å²) >= 11 is 0. The van der Waals surface area contributed by atoms with Crippen LogP contribution in [0.2, 0.25) is 0 Å². The van der Waals surface area contributed by atoms with Crippen LogP contribution in [0.25, 0.3) is 0 Å². The van der Waals surface area contributed by atoms with Crippen LogP contribution in [0.15, 0.2) is 47.5 Å². The number of aromatic hydroxyl groups is 1. The molecule has 1 aliphatic heterocycles. The molecule has 0 aromatic heterocycles. The molecule has 0 bridgehead atoms. The van der Waals surface area contributed by atoms with Gasteiger partial charge < -0.3 is 55.9 Å². The highest BCUT2D eigenvalue weighted by molar-refractivity contribution is 6.31. The first-order chi connectivity index (χ1) is 22.6. The van der Waals surface area contributed by atoms with Gasteiger partial charge in [-0.3, -0.25) is 14.6 Å². The van der Waals surface area contributed by atoms with Gasteiger partial charge in [0.05, 0.1) is 31.5 Å². The molecule has 2 aliphatic rings. The Kier molecular flexibility index (Phi) is 10.1. The lowest BCUT2D eigenvalue weighted by Gasteiger charge is -2.40. The van der Waals surface area contributed by atoms with Gasteiger partial charge in [0.25, 0.3) is 0 Å². The second kappa shape index (κ2) is 14.0. The van der Waals surface area contributed by atoms with Crippen LogP contribution in [0.4, 0.5) is 0 Å². The number of phenolic OH excluding ortho intramolecular Hbond substituents is 1. The number of aliphatic hydroxyl groups excluding tert-OH is 5. The number of ketones is 2. The van der Waals surface area contributed by atoms with Crippen LogP contribution >= 0.6 is 0 Å². The minimum Gasteiger partial charge on any atom is -0.507 e. The van der Waals surface area contributed by atoms with Crippen molar-refractivity contribution in [2.45, 2.75) is 56.7 Å². The fourth-order valence-electron chi connectivity index (χ4n) is 5.91. The van der Waals surface area contributed by atoms with Crippen molar-refractivity contribution in [1.82, 2.24) is 5.32 Å². The number of nitrogens with zero attached hydrogens (tertiary/aromatic N) is 1. The number of benzene rings is 3. The number of aliphatic imine (C=N–C) groups is 1. The molecule has 5 atom stereocenters. The largest absolute Gasteiger partial charge is 0.507 e. The number of fused-ring (bicyclic) bond motifs is 2. The van der Waals surface area contributed by atoms with Gasteiger partial charge in [-0.05, 0) is 30.0 Å². The zero-order valence-corrected chi connectivity index (χ0v) is 25.7. The first-order valence-corrected chi connectivity index (χ1v) is 14.8. The van der Waals surface area contributed by atoms with Crippen molar-refractivity contribution in [3.8, 4) is 17.2 Å². The summed E-state index contributed by atoms with van der Waals surface area (Å²) in [4.78, 5) is 32.5. The fourth-order valence-corrected chi connectivity index (χ4v) is 5.91. The molecule has 3 aromatic carbocycles. The van der Waals surface area contributed by atoms with E-state index in [1.54, 1.807) is 0 Å². The molecule has 9 N–H and O–H groups in total. The highest BCUT2D eigenvalue weighted by Crippen LogP contribution is 2.44. The smallest absolute Gasteiger partial charge is 0.229 e. The highest BCUT2D eigenvalue weighted by Gasteiger charge is 2.46. The summed E-state index contributed by atoms with van der Waals surface area (Å²) in [7, 11) is 2.76. The Morgan fingerprint density at radius 3 is 2.30 bits per heavy atom. The Hall–Kier alpha value is -4.57. The van der Waals surface area contributed by atoms with Crippen molar-refractivity contribution >= 4 is 17.5 Å². The molecule has 3 aromatic rings. The number of methoxy groups -OCH3 is 1. The molecule has 47 heavy (non-hydrogen) atoms. The molecule has 0 spiro atoms. The lowest BCUT2D eigenvalue weighted by atomic mass is 9.78. The van der Waals surface area contributed by atoms with E-state index in [0.717, 1.165) is 5.56 Å². The number of phenols is 1. The van der Waals surface area contributed by atoms with Gasteiger partial charge in [0, 0.05) is 41.9 Å². The van der Waals surface area contributed by atoms with Gasteiger partial charge in [-0.15, -0.1) is 0 Å². The third-order valence-electron chi connectivity index (χ3n) is 8.46. The lowest BCUT2D eigenvalue weighted by Crippen LogP contribution is -2.60. The standard InChI is InChI=1S/C33H37N3O11/c1-35-33(34)36-12-18-16(9-8-15-6-4-3-5-7-15)10-17-24(27(18)40)29(42)25-21(11-20(45-2)19(13-37)23(25)26(17)39)46-32-31(44)30(43)28(41)22(14-38)47-32/h3-7,10-11,22,28,30-32,37-38,40-41,43-44H,8-9,12-14H2,1-2H3,(H3,34,35,36)/t22-,28-,30+,31-,32+/m1/s1. The van der Waals surface area contributed by atoms with E-state index >= 15 is 0 Å². The number of hydrogen-bond donors (Lipinski definition) is 8. The van der Waals surface area contributed by atoms with E-state index in [2.05, 4.69) is 10.3 Å². The number of carbonyl (C=O) groups excluding carboxylic acids is 2. The van der Waals surface area contributed by atoms with Crippen LogP contribution in [-0.4, -0.2) is 99.6 Å². The highest BCUT2D eigenvalue weighted by atomic mass is 16.7. The molecule has 1 fully saturated rings. The predicted molar refractivity (Wildman–Crippen MR) is 167 cm³/mol. The van der Waals surface area contributed by atoms with E-state index in [9.17, 15) is 40.2 Å². The Morgan fingerprint density at radius 2 is 1.66 bits per heavy atom. The van der Waals surface area contributed by atoms with Crippen molar-refractivity contribution in [3.63, 3.8) is 0 Å². The SMILES string of the molecule is CN=C(N)NCc1c(CCc2ccccc2)cc2c(c1O)C(=O)c1c(O[C@H]3O[C@H](CO)[C@@H](O)[C@H](O)[C@H]3O)cc(OC)c(CO)c1C2=O. The maximum absolute atomic E-state index is 14.3. The predicted octanol–water partition coefficient (Wildman–Crippen LogP) is -0.333. The normalized spacial score (nSPS) is 22.4. The van der Waals surface area contributed by atoms with Gasteiger partial charge in [-0.2, -0.15) is 0 Å². The molecule has 0 saturated carbocycles. The van der Waals surface area contributed by atoms with E-state index in [1.165, 1.54) is 26.3 Å². The summed E-state index contributed by atoms with van der Waals surface area (Å²) < 4.78 is 16.7. The van der Waals surface area contributed by atoms with Crippen LogP contribution in [0, 0.1) is 0 Å². The van der Waals surface area contributed by atoms with E-state index in [0.29, 0.717) is 24.0 Å². The number of rotatable bonds is 10. The fraction of sp³-hybridized carbons (Fsp3) is 0.364. The first kappa shape index (κ1) is 33.8. The maximum Gasteiger partial charge on any atom is 0.229 e. The first-order valence-electron chi connectivity index (χ1n) is 14.8. The minimum atomic E-state index is -1.84. The van der Waals surface area contributed by atoms with Crippen LogP contribution in [0.3, 0.4) is 0 Å². The number of hydrogen-bond acceptors (Lipinski definition) is 12. The van der Waals surface area contributed by atoms with E-state index in [-0.39, 0.29) is 51.8 Å². The molecule has 1 aliphatic carbocycles. The summed E-state index contributed by atoms with van der Waals surface area (Å²) in [5, 5.41) is 65.6. The van der Waals surface area contributed by atoms with Crippen molar-refractivity contribution < 1.29 is 54.4 Å². The summed E-state index contributed by atoms with van der Waals surface area (Å²) in [5.74, 6) is -2.29. The second-order valence-corrected chi connectivity index (χ2v) is 11.2. The van der Waals surface area contributed by atoms with Gasteiger partial charge in [-0.25, -0.2) is 0 Å². The molecule has 250 valence electrons. The molecule has 5 rings (SSSR count). The van der Waals surface area contributed by atoms with Crippen LogP contribution < -0.4 is 20.5 Å². The molecule has 0 amide bonds. The van der Waals surface area contributed by atoms with Crippen molar-refractivity contribution in [2.24, 2.45) is 10.7 Å². The number of nitrogens with one attached hydrogen (secondary N) is 1. The van der Waals surface area contributed by atoms with Crippen molar-refractivity contribution in [2.75, 3.05) is 20.8 Å². The number of aryl methyl sites for hydroxylation is 2. The molecular formula is C33H37N3O11. The summed E-state index contributed by atoms with van der Waals surface area (Å²) in [6.07, 6.45) is -7.39. The van der Waals surface area contributed by atoms with E-state index < -0.39 is 61.2 Å². The number of ether oxygens (including phenoxy) is 3. The topological polar surface area (TPSA) is 234 Å². The van der Waals surface area contributed by atoms with Gasteiger partial charge in [-0.1, -0.05) is 30.3 Å². The quantitative estimate of drug-likeness (QED) is 0.0811. The van der Waals surface area contributed by atoms with Crippen LogP contribution in [0.1, 0.15) is 54.1 Å². The van der Waals surface area contributed by atoms with Gasteiger partial charge in [0.2, 0.25) is 12.1 Å². The van der Waals surface area contributed by atoms with Crippen molar-refractivity contribution in [3.05, 3.63) is 87.0 Å². The lowest BCUT2D eigenvalue weighted by molar-refractivity contribution is -0.277. The molecular weight excluding hydrogens is 614 g/mol. The third-order valence-corrected chi connectivity index (χ3v) is 8.46. The van der Waals surface area contributed by atoms with E-state index in [4.69, 9.17) is 19.9 Å². The van der Waals surface area contributed by atoms with Crippen LogP contribution in [-0.2, 0) is 30.7 Å². The molecule has 0 unspecified atom stereocenters. The molecule has 14 nitrogen and oxygen atoms in total. The minimum absolute atomic E-state index is 0.0179. The molecule has 14 heteroatoms. The number of guanidine groups is 1. The number of nitrogens with two attached hydrogens (primary N) is 1.